The molecule has 6 N–H and O–H groups in total. The van der Waals surface area contributed by atoms with E-state index in [2.05, 4.69) is 0 Å². The summed E-state index contributed by atoms with van der Waals surface area (Å²) in [6, 6.07) is 0. The summed E-state index contributed by atoms with van der Waals surface area (Å²) in [6.07, 6.45) is 4.23. The predicted octanol–water partition coefficient (Wildman–Crippen LogP) is -0.378. The van der Waals surface area contributed by atoms with Gasteiger partial charge in [-0.05, 0) is 6.08 Å². The SMILES string of the molecule is NC1=CCC(N)(P(=O)(O)O)C=C1. The molecule has 1 rings (SSSR count). The third-order valence-electron chi connectivity index (χ3n) is 1.77. The van der Waals surface area contributed by atoms with E-state index in [4.69, 9.17) is 21.3 Å². The average Bonchev–Trinajstić information content (AvgIpc) is 1.93. The van der Waals surface area contributed by atoms with Crippen LogP contribution in [-0.4, -0.2) is 15.1 Å². The van der Waals surface area contributed by atoms with Crippen LogP contribution in [-0.2, 0) is 4.57 Å². The number of nitrogens with two attached hydrogens (primary N) is 2. The molecule has 0 aromatic heterocycles. The van der Waals surface area contributed by atoms with Crippen molar-refractivity contribution in [3.8, 4) is 0 Å². The second-order valence-electron chi connectivity index (χ2n) is 2.78. The normalized spacial score (nSPS) is 30.1. The molecule has 1 aliphatic carbocycles. The van der Waals surface area contributed by atoms with Crippen LogP contribution in [0, 0.1) is 0 Å². The zero-order valence-electron chi connectivity index (χ0n) is 6.34. The Kier molecular flexibility index (Phi) is 2.14. The molecule has 12 heavy (non-hydrogen) atoms. The first-order valence-electron chi connectivity index (χ1n) is 3.34. The van der Waals surface area contributed by atoms with Gasteiger partial charge >= 0.3 is 7.60 Å². The van der Waals surface area contributed by atoms with Crippen LogP contribution in [0.3, 0.4) is 0 Å². The van der Waals surface area contributed by atoms with Crippen LogP contribution < -0.4 is 11.5 Å². The van der Waals surface area contributed by atoms with E-state index in [1.807, 2.05) is 0 Å². The van der Waals surface area contributed by atoms with Crippen LogP contribution in [0.5, 0.6) is 0 Å². The van der Waals surface area contributed by atoms with Crippen molar-refractivity contribution in [3.63, 3.8) is 0 Å². The van der Waals surface area contributed by atoms with Crippen molar-refractivity contribution in [3.05, 3.63) is 23.9 Å². The van der Waals surface area contributed by atoms with Gasteiger partial charge in [-0.15, -0.1) is 0 Å². The van der Waals surface area contributed by atoms with Crippen molar-refractivity contribution < 1.29 is 14.4 Å². The Morgan fingerprint density at radius 2 is 2.17 bits per heavy atom. The lowest BCUT2D eigenvalue weighted by Gasteiger charge is -2.27. The smallest absolute Gasteiger partial charge is 0.349 e. The molecule has 0 heterocycles. The van der Waals surface area contributed by atoms with Crippen molar-refractivity contribution in [1.82, 2.24) is 0 Å². The molecule has 0 saturated carbocycles. The van der Waals surface area contributed by atoms with Crippen molar-refractivity contribution >= 4 is 7.60 Å². The Morgan fingerprint density at radius 3 is 2.50 bits per heavy atom. The molecule has 0 aromatic rings. The van der Waals surface area contributed by atoms with Gasteiger partial charge in [-0.3, -0.25) is 4.57 Å². The first kappa shape index (κ1) is 9.48. The van der Waals surface area contributed by atoms with Crippen LogP contribution in [0.1, 0.15) is 6.42 Å². The molecule has 0 aromatic carbocycles. The molecule has 5 nitrogen and oxygen atoms in total. The lowest BCUT2D eigenvalue weighted by Crippen LogP contribution is -2.38. The summed E-state index contributed by atoms with van der Waals surface area (Å²) < 4.78 is 10.9. The fourth-order valence-corrected chi connectivity index (χ4v) is 1.47. The van der Waals surface area contributed by atoms with Gasteiger partial charge in [0.25, 0.3) is 0 Å². The third kappa shape index (κ3) is 1.59. The van der Waals surface area contributed by atoms with E-state index in [-0.39, 0.29) is 6.42 Å². The lowest BCUT2D eigenvalue weighted by atomic mass is 10.1. The van der Waals surface area contributed by atoms with Gasteiger partial charge in [0.2, 0.25) is 0 Å². The summed E-state index contributed by atoms with van der Waals surface area (Å²) in [7, 11) is -4.29. The van der Waals surface area contributed by atoms with Crippen molar-refractivity contribution in [2.75, 3.05) is 0 Å². The minimum absolute atomic E-state index is 0.0691. The van der Waals surface area contributed by atoms with Gasteiger partial charge in [-0.25, -0.2) is 0 Å². The average molecular weight is 190 g/mol. The van der Waals surface area contributed by atoms with E-state index in [0.717, 1.165) is 0 Å². The second kappa shape index (κ2) is 2.71. The zero-order valence-corrected chi connectivity index (χ0v) is 7.24. The van der Waals surface area contributed by atoms with Crippen LogP contribution in [0.15, 0.2) is 23.9 Å². The molecular formula is C6H11N2O3P. The minimum atomic E-state index is -4.29. The van der Waals surface area contributed by atoms with Gasteiger partial charge in [0.15, 0.2) is 0 Å². The van der Waals surface area contributed by atoms with Gasteiger partial charge in [-0.2, -0.15) is 0 Å². The monoisotopic (exact) mass is 190 g/mol. The lowest BCUT2D eigenvalue weighted by molar-refractivity contribution is 0.341. The van der Waals surface area contributed by atoms with E-state index < -0.39 is 12.9 Å². The van der Waals surface area contributed by atoms with E-state index >= 15 is 0 Å². The number of hydrogen-bond donors (Lipinski definition) is 4. The topological polar surface area (TPSA) is 110 Å². The number of rotatable bonds is 1. The molecule has 1 unspecified atom stereocenters. The molecule has 0 saturated heterocycles. The molecule has 0 radical (unpaired) electrons. The Morgan fingerprint density at radius 1 is 1.58 bits per heavy atom. The fourth-order valence-electron chi connectivity index (χ4n) is 0.874. The van der Waals surface area contributed by atoms with E-state index in [1.54, 1.807) is 0 Å². The summed E-state index contributed by atoms with van der Waals surface area (Å²) in [4.78, 5) is 17.7. The van der Waals surface area contributed by atoms with E-state index in [1.165, 1.54) is 18.2 Å². The van der Waals surface area contributed by atoms with Crippen LogP contribution in [0.25, 0.3) is 0 Å². The summed E-state index contributed by atoms with van der Waals surface area (Å²) in [6.45, 7) is 0. The van der Waals surface area contributed by atoms with Crippen molar-refractivity contribution in [2.45, 2.75) is 11.7 Å². The molecule has 0 fully saturated rings. The summed E-state index contributed by atoms with van der Waals surface area (Å²) in [5.74, 6) is 0. The van der Waals surface area contributed by atoms with E-state index in [0.29, 0.717) is 5.70 Å². The van der Waals surface area contributed by atoms with Gasteiger partial charge in [0.1, 0.15) is 5.28 Å². The maximum atomic E-state index is 10.9. The summed E-state index contributed by atoms with van der Waals surface area (Å²) >= 11 is 0. The van der Waals surface area contributed by atoms with Crippen LogP contribution in [0.2, 0.25) is 0 Å². The summed E-state index contributed by atoms with van der Waals surface area (Å²) in [5, 5.41) is -1.57. The van der Waals surface area contributed by atoms with Gasteiger partial charge in [0, 0.05) is 12.1 Å². The van der Waals surface area contributed by atoms with Gasteiger partial charge in [0.05, 0.1) is 0 Å². The molecule has 1 aliphatic rings. The number of allylic oxidation sites excluding steroid dienone is 1. The van der Waals surface area contributed by atoms with E-state index in [9.17, 15) is 4.57 Å². The first-order valence-corrected chi connectivity index (χ1v) is 4.96. The maximum Gasteiger partial charge on any atom is 0.349 e. The van der Waals surface area contributed by atoms with Gasteiger partial charge in [-0.1, -0.05) is 12.2 Å². The van der Waals surface area contributed by atoms with Gasteiger partial charge < -0.3 is 21.3 Å². The highest BCUT2D eigenvalue weighted by Gasteiger charge is 2.40. The molecule has 0 amide bonds. The molecule has 1 atom stereocenters. The van der Waals surface area contributed by atoms with Crippen molar-refractivity contribution in [1.29, 1.82) is 0 Å². The van der Waals surface area contributed by atoms with Crippen molar-refractivity contribution in [2.24, 2.45) is 11.5 Å². The molecular weight excluding hydrogens is 179 g/mol. The fraction of sp³-hybridized carbons (Fsp3) is 0.333. The molecule has 0 aliphatic heterocycles. The molecule has 68 valence electrons. The minimum Gasteiger partial charge on any atom is -0.399 e. The first-order chi connectivity index (χ1) is 5.35. The summed E-state index contributed by atoms with van der Waals surface area (Å²) in [5.41, 5.74) is 11.3. The largest absolute Gasteiger partial charge is 0.399 e. The highest BCUT2D eigenvalue weighted by molar-refractivity contribution is 7.53. The second-order valence-corrected chi connectivity index (χ2v) is 4.70. The third-order valence-corrected chi connectivity index (χ3v) is 3.19. The Balaban J connectivity index is 2.94. The standard InChI is InChI=1S/C6H11N2O3P/c7-5-1-3-6(8,4-2-5)12(9,10)11/h1-3H,4,7-8H2,(H2,9,10,11). The Bertz CT molecular complexity index is 293. The highest BCUT2D eigenvalue weighted by atomic mass is 31.2. The number of hydrogen-bond acceptors (Lipinski definition) is 3. The Labute approximate surface area is 69.9 Å². The molecule has 6 heteroatoms. The quantitative estimate of drug-likeness (QED) is 0.421. The predicted molar refractivity (Wildman–Crippen MR) is 45.0 cm³/mol. The van der Waals surface area contributed by atoms with Crippen LogP contribution >= 0.6 is 7.60 Å². The Hall–Kier alpha value is -0.610. The molecule has 0 spiro atoms. The zero-order chi connectivity index (χ0) is 9.41. The van der Waals surface area contributed by atoms with Crippen LogP contribution in [0.4, 0.5) is 0 Å². The maximum absolute atomic E-state index is 10.9. The highest BCUT2D eigenvalue weighted by Crippen LogP contribution is 2.51. The molecule has 0 bridgehead atoms.